The Kier molecular flexibility index (Phi) is 6.33. The maximum absolute atomic E-state index is 3.82. The van der Waals surface area contributed by atoms with E-state index in [0.717, 1.165) is 23.3 Å². The van der Waals surface area contributed by atoms with Crippen molar-refractivity contribution >= 4 is 11.8 Å². The summed E-state index contributed by atoms with van der Waals surface area (Å²) in [5.74, 6) is 2.16. The van der Waals surface area contributed by atoms with Crippen LogP contribution in [0.5, 0.6) is 0 Å². The molecule has 106 valence electrons. The third-order valence-electron chi connectivity index (χ3n) is 4.39. The molecule has 2 N–H and O–H groups in total. The van der Waals surface area contributed by atoms with E-state index in [2.05, 4.69) is 36.2 Å². The fourth-order valence-corrected chi connectivity index (χ4v) is 4.21. The minimum Gasteiger partial charge on any atom is -0.314 e. The van der Waals surface area contributed by atoms with Gasteiger partial charge in [0.2, 0.25) is 0 Å². The van der Waals surface area contributed by atoms with Crippen molar-refractivity contribution in [2.24, 2.45) is 5.92 Å². The van der Waals surface area contributed by atoms with Crippen LogP contribution < -0.4 is 10.6 Å². The Morgan fingerprint density at radius 3 is 2.78 bits per heavy atom. The summed E-state index contributed by atoms with van der Waals surface area (Å²) in [6.45, 7) is 7.01. The van der Waals surface area contributed by atoms with Crippen LogP contribution in [0.2, 0.25) is 0 Å². The lowest BCUT2D eigenvalue weighted by Gasteiger charge is -2.33. The van der Waals surface area contributed by atoms with Crippen LogP contribution in [0.3, 0.4) is 0 Å². The van der Waals surface area contributed by atoms with Crippen molar-refractivity contribution in [3.63, 3.8) is 0 Å². The van der Waals surface area contributed by atoms with Gasteiger partial charge in [-0.15, -0.1) is 0 Å². The predicted octanol–water partition coefficient (Wildman–Crippen LogP) is 3.03. The normalized spacial score (nSPS) is 33.2. The third-order valence-corrected chi connectivity index (χ3v) is 5.50. The average molecular weight is 270 g/mol. The van der Waals surface area contributed by atoms with Gasteiger partial charge in [-0.3, -0.25) is 0 Å². The fourth-order valence-electron chi connectivity index (χ4n) is 3.51. The topological polar surface area (TPSA) is 24.1 Å². The maximum Gasteiger partial charge on any atom is 0.0110 e. The van der Waals surface area contributed by atoms with Gasteiger partial charge >= 0.3 is 0 Å². The number of hydrogen-bond acceptors (Lipinski definition) is 3. The maximum atomic E-state index is 3.82. The minimum absolute atomic E-state index is 0.770. The van der Waals surface area contributed by atoms with Gasteiger partial charge in [0, 0.05) is 24.4 Å². The highest BCUT2D eigenvalue weighted by Gasteiger charge is 2.33. The molecule has 2 aliphatic rings. The summed E-state index contributed by atoms with van der Waals surface area (Å²) in [6.07, 6.45) is 8.49. The van der Waals surface area contributed by atoms with Gasteiger partial charge in [-0.05, 0) is 43.4 Å². The molecule has 18 heavy (non-hydrogen) atoms. The number of piperidine rings is 1. The van der Waals surface area contributed by atoms with E-state index in [1.807, 2.05) is 0 Å². The third kappa shape index (κ3) is 4.43. The molecule has 2 fully saturated rings. The van der Waals surface area contributed by atoms with Crippen molar-refractivity contribution in [3.05, 3.63) is 0 Å². The molecule has 0 spiro atoms. The summed E-state index contributed by atoms with van der Waals surface area (Å²) in [5.41, 5.74) is 0. The second-order valence-electron chi connectivity index (χ2n) is 6.13. The van der Waals surface area contributed by atoms with Crippen LogP contribution in [-0.2, 0) is 0 Å². The van der Waals surface area contributed by atoms with Crippen molar-refractivity contribution in [1.29, 1.82) is 0 Å². The summed E-state index contributed by atoms with van der Waals surface area (Å²) in [5, 5.41) is 8.35. The van der Waals surface area contributed by atoms with Crippen molar-refractivity contribution in [3.8, 4) is 0 Å². The van der Waals surface area contributed by atoms with Crippen LogP contribution in [0.25, 0.3) is 0 Å². The molecule has 1 aliphatic heterocycles. The van der Waals surface area contributed by atoms with Crippen LogP contribution >= 0.6 is 11.8 Å². The molecule has 0 amide bonds. The highest BCUT2D eigenvalue weighted by molar-refractivity contribution is 7.99. The molecule has 0 bridgehead atoms. The van der Waals surface area contributed by atoms with Gasteiger partial charge < -0.3 is 10.6 Å². The summed E-state index contributed by atoms with van der Waals surface area (Å²) in [4.78, 5) is 0. The second-order valence-corrected chi connectivity index (χ2v) is 7.82. The summed E-state index contributed by atoms with van der Waals surface area (Å²) < 4.78 is 0. The Morgan fingerprint density at radius 1 is 1.17 bits per heavy atom. The first-order valence-corrected chi connectivity index (χ1v) is 8.90. The van der Waals surface area contributed by atoms with Gasteiger partial charge in [0.05, 0.1) is 0 Å². The molecule has 1 heterocycles. The Hall–Kier alpha value is 0.270. The second kappa shape index (κ2) is 7.76. The first-order chi connectivity index (χ1) is 8.77. The lowest BCUT2D eigenvalue weighted by atomic mass is 9.88. The Labute approximate surface area is 117 Å². The quantitative estimate of drug-likeness (QED) is 0.726. The van der Waals surface area contributed by atoms with E-state index >= 15 is 0 Å². The van der Waals surface area contributed by atoms with Crippen LogP contribution in [0.15, 0.2) is 0 Å². The molecular weight excluding hydrogens is 240 g/mol. The van der Waals surface area contributed by atoms with Gasteiger partial charge in [0.15, 0.2) is 0 Å². The standard InChI is InChI=1S/C15H30N2S/c1-12(2)18-11-10-17-15-8-5-6-13(15)14-7-3-4-9-16-14/h12-17H,3-11H2,1-2H3. The first kappa shape index (κ1) is 14.7. The molecule has 0 aromatic rings. The monoisotopic (exact) mass is 270 g/mol. The smallest absolute Gasteiger partial charge is 0.0110 e. The number of thioether (sulfide) groups is 1. The van der Waals surface area contributed by atoms with Crippen LogP contribution in [0.1, 0.15) is 52.4 Å². The zero-order chi connectivity index (χ0) is 12.8. The highest BCUT2D eigenvalue weighted by atomic mass is 32.2. The van der Waals surface area contributed by atoms with Crippen molar-refractivity contribution < 1.29 is 0 Å². The van der Waals surface area contributed by atoms with Crippen LogP contribution in [0, 0.1) is 5.92 Å². The molecule has 3 unspecified atom stereocenters. The van der Waals surface area contributed by atoms with Crippen molar-refractivity contribution in [2.75, 3.05) is 18.8 Å². The van der Waals surface area contributed by atoms with Gasteiger partial charge in [-0.1, -0.05) is 26.7 Å². The predicted molar refractivity (Wildman–Crippen MR) is 82.4 cm³/mol. The molecule has 2 rings (SSSR count). The van der Waals surface area contributed by atoms with E-state index in [9.17, 15) is 0 Å². The molecule has 3 heteroatoms. The van der Waals surface area contributed by atoms with Gasteiger partial charge in [-0.25, -0.2) is 0 Å². The Bertz CT molecular complexity index is 227. The molecule has 0 aromatic heterocycles. The van der Waals surface area contributed by atoms with Gasteiger partial charge in [0.25, 0.3) is 0 Å². The van der Waals surface area contributed by atoms with Crippen molar-refractivity contribution in [1.82, 2.24) is 10.6 Å². The van der Waals surface area contributed by atoms with Crippen molar-refractivity contribution in [2.45, 2.75) is 69.7 Å². The Morgan fingerprint density at radius 2 is 2.06 bits per heavy atom. The zero-order valence-electron chi connectivity index (χ0n) is 12.1. The van der Waals surface area contributed by atoms with E-state index in [-0.39, 0.29) is 0 Å². The summed E-state index contributed by atoms with van der Waals surface area (Å²) >= 11 is 2.07. The first-order valence-electron chi connectivity index (χ1n) is 7.85. The summed E-state index contributed by atoms with van der Waals surface area (Å²) in [6, 6.07) is 1.59. The molecule has 2 nitrogen and oxygen atoms in total. The van der Waals surface area contributed by atoms with Gasteiger partial charge in [-0.2, -0.15) is 11.8 Å². The van der Waals surface area contributed by atoms with E-state index in [1.165, 1.54) is 57.4 Å². The van der Waals surface area contributed by atoms with E-state index in [1.54, 1.807) is 0 Å². The lowest BCUT2D eigenvalue weighted by molar-refractivity contribution is 0.259. The van der Waals surface area contributed by atoms with E-state index in [4.69, 9.17) is 0 Å². The molecule has 1 saturated heterocycles. The number of hydrogen-bond donors (Lipinski definition) is 2. The Balaban J connectivity index is 1.69. The zero-order valence-corrected chi connectivity index (χ0v) is 12.9. The molecular formula is C15H30N2S. The van der Waals surface area contributed by atoms with E-state index < -0.39 is 0 Å². The molecule has 1 aliphatic carbocycles. The van der Waals surface area contributed by atoms with E-state index in [0.29, 0.717) is 0 Å². The SMILES string of the molecule is CC(C)SCCNC1CCCC1C1CCCCN1. The number of nitrogens with one attached hydrogen (secondary N) is 2. The minimum atomic E-state index is 0.770. The molecule has 1 saturated carbocycles. The van der Waals surface area contributed by atoms with Gasteiger partial charge in [0.1, 0.15) is 0 Å². The fraction of sp³-hybridized carbons (Fsp3) is 1.00. The molecule has 0 radical (unpaired) electrons. The number of rotatable bonds is 6. The molecule has 3 atom stereocenters. The molecule has 0 aromatic carbocycles. The van der Waals surface area contributed by atoms with Crippen LogP contribution in [0.4, 0.5) is 0 Å². The lowest BCUT2D eigenvalue weighted by Crippen LogP contribution is -2.47. The highest BCUT2D eigenvalue weighted by Crippen LogP contribution is 2.31. The largest absolute Gasteiger partial charge is 0.314 e. The average Bonchev–Trinajstić information content (AvgIpc) is 2.84. The summed E-state index contributed by atoms with van der Waals surface area (Å²) in [7, 11) is 0. The van der Waals surface area contributed by atoms with Crippen LogP contribution in [-0.4, -0.2) is 36.2 Å².